The molecular formula is C14H27ClN2O2. The van der Waals surface area contributed by atoms with Crippen LogP contribution in [0.2, 0.25) is 0 Å². The summed E-state index contributed by atoms with van der Waals surface area (Å²) in [4.78, 5) is 22.5. The van der Waals surface area contributed by atoms with E-state index in [1.807, 2.05) is 27.7 Å². The van der Waals surface area contributed by atoms with Crippen LogP contribution in [0.5, 0.6) is 0 Å². The van der Waals surface area contributed by atoms with E-state index in [1.165, 1.54) is 0 Å². The largest absolute Gasteiger partial charge is 0.354 e. The lowest BCUT2D eigenvalue weighted by molar-refractivity contribution is -0.125. The number of hydrogen-bond acceptors (Lipinski definition) is 2. The topological polar surface area (TPSA) is 58.2 Å². The molecule has 0 aliphatic carbocycles. The number of alkyl halides is 1. The first-order valence-corrected chi connectivity index (χ1v) is 7.22. The van der Waals surface area contributed by atoms with Crippen LogP contribution in [-0.2, 0) is 9.59 Å². The van der Waals surface area contributed by atoms with Crippen LogP contribution in [0.15, 0.2) is 0 Å². The molecule has 2 N–H and O–H groups in total. The van der Waals surface area contributed by atoms with Gasteiger partial charge < -0.3 is 10.6 Å². The van der Waals surface area contributed by atoms with Gasteiger partial charge in [-0.1, -0.05) is 6.92 Å². The van der Waals surface area contributed by atoms with E-state index < -0.39 is 4.87 Å². The van der Waals surface area contributed by atoms with Crippen LogP contribution in [0.4, 0.5) is 0 Å². The number of amides is 2. The van der Waals surface area contributed by atoms with Crippen LogP contribution >= 0.6 is 11.6 Å². The van der Waals surface area contributed by atoms with E-state index in [4.69, 9.17) is 11.6 Å². The van der Waals surface area contributed by atoms with Crippen molar-refractivity contribution in [2.75, 3.05) is 0 Å². The average molecular weight is 291 g/mol. The molecule has 0 spiro atoms. The Hall–Kier alpha value is -0.770. The Morgan fingerprint density at radius 3 is 2.00 bits per heavy atom. The first-order valence-electron chi connectivity index (χ1n) is 6.84. The van der Waals surface area contributed by atoms with Gasteiger partial charge in [0.1, 0.15) is 4.87 Å². The summed E-state index contributed by atoms with van der Waals surface area (Å²) in [7, 11) is 0. The molecule has 0 rings (SSSR count). The number of carbonyl (C=O) groups is 2. The molecular weight excluding hydrogens is 264 g/mol. The number of rotatable bonds is 7. The second kappa shape index (κ2) is 7.73. The van der Waals surface area contributed by atoms with Gasteiger partial charge in [-0.3, -0.25) is 9.59 Å². The SMILES string of the molecule is CC(C)NC(=O)C(C)CC[C@H](C)NC(=O)C(C)(C)Cl. The summed E-state index contributed by atoms with van der Waals surface area (Å²) < 4.78 is 0. The van der Waals surface area contributed by atoms with E-state index in [2.05, 4.69) is 10.6 Å². The quantitative estimate of drug-likeness (QED) is 0.708. The van der Waals surface area contributed by atoms with E-state index in [-0.39, 0.29) is 29.8 Å². The van der Waals surface area contributed by atoms with Crippen LogP contribution in [0.1, 0.15) is 54.4 Å². The maximum Gasteiger partial charge on any atom is 0.240 e. The van der Waals surface area contributed by atoms with Crippen molar-refractivity contribution in [2.45, 2.75) is 71.3 Å². The average Bonchev–Trinajstić information content (AvgIpc) is 2.23. The van der Waals surface area contributed by atoms with E-state index in [1.54, 1.807) is 13.8 Å². The number of carbonyl (C=O) groups excluding carboxylic acids is 2. The smallest absolute Gasteiger partial charge is 0.240 e. The predicted octanol–water partition coefficient (Wildman–Crippen LogP) is 2.45. The van der Waals surface area contributed by atoms with Gasteiger partial charge in [0, 0.05) is 18.0 Å². The lowest BCUT2D eigenvalue weighted by Gasteiger charge is -2.21. The van der Waals surface area contributed by atoms with Crippen molar-refractivity contribution in [1.29, 1.82) is 0 Å². The molecule has 2 amide bonds. The molecule has 0 aromatic carbocycles. The Morgan fingerprint density at radius 1 is 1.05 bits per heavy atom. The van der Waals surface area contributed by atoms with Gasteiger partial charge >= 0.3 is 0 Å². The Labute approximate surface area is 121 Å². The van der Waals surface area contributed by atoms with Crippen molar-refractivity contribution in [3.8, 4) is 0 Å². The van der Waals surface area contributed by atoms with Crippen LogP contribution < -0.4 is 10.6 Å². The maximum atomic E-state index is 11.7. The minimum atomic E-state index is -0.894. The molecule has 0 aliphatic rings. The number of halogens is 1. The zero-order chi connectivity index (χ0) is 15.2. The number of nitrogens with one attached hydrogen (secondary N) is 2. The molecule has 0 aliphatic heterocycles. The summed E-state index contributed by atoms with van der Waals surface area (Å²) >= 11 is 5.92. The van der Waals surface area contributed by atoms with E-state index in [0.717, 1.165) is 12.8 Å². The summed E-state index contributed by atoms with van der Waals surface area (Å²) in [6.45, 7) is 11.0. The predicted molar refractivity (Wildman–Crippen MR) is 79.2 cm³/mol. The third kappa shape index (κ3) is 8.09. The highest BCUT2D eigenvalue weighted by atomic mass is 35.5. The first kappa shape index (κ1) is 18.2. The molecule has 2 atom stereocenters. The summed E-state index contributed by atoms with van der Waals surface area (Å²) in [5.74, 6) is -0.169. The minimum absolute atomic E-state index is 0.0137. The van der Waals surface area contributed by atoms with Gasteiger partial charge in [0.05, 0.1) is 0 Å². The Balaban J connectivity index is 4.06. The fraction of sp³-hybridized carbons (Fsp3) is 0.857. The molecule has 0 aromatic heterocycles. The normalized spacial score (nSPS) is 14.9. The molecule has 5 heteroatoms. The maximum absolute atomic E-state index is 11.7. The van der Waals surface area contributed by atoms with Crippen LogP contribution in [0.3, 0.4) is 0 Å². The molecule has 0 radical (unpaired) electrons. The lowest BCUT2D eigenvalue weighted by atomic mass is 10.0. The van der Waals surface area contributed by atoms with Crippen LogP contribution in [0, 0.1) is 5.92 Å². The van der Waals surface area contributed by atoms with E-state index >= 15 is 0 Å². The minimum Gasteiger partial charge on any atom is -0.354 e. The zero-order valence-corrected chi connectivity index (χ0v) is 13.6. The third-order valence-corrected chi connectivity index (χ3v) is 3.00. The number of hydrogen-bond donors (Lipinski definition) is 2. The Kier molecular flexibility index (Phi) is 7.42. The van der Waals surface area contributed by atoms with Gasteiger partial charge in [-0.05, 0) is 47.5 Å². The fourth-order valence-electron chi connectivity index (χ4n) is 1.53. The molecule has 19 heavy (non-hydrogen) atoms. The van der Waals surface area contributed by atoms with Crippen LogP contribution in [-0.4, -0.2) is 28.8 Å². The van der Waals surface area contributed by atoms with E-state index in [0.29, 0.717) is 0 Å². The van der Waals surface area contributed by atoms with Gasteiger partial charge in [0.25, 0.3) is 0 Å². The summed E-state index contributed by atoms with van der Waals surface area (Å²) in [6, 6.07) is 0.170. The fourth-order valence-corrected chi connectivity index (χ4v) is 1.58. The molecule has 1 unspecified atom stereocenters. The van der Waals surface area contributed by atoms with Gasteiger partial charge in [0.2, 0.25) is 11.8 Å². The second-order valence-electron chi connectivity index (χ2n) is 5.99. The van der Waals surface area contributed by atoms with Crippen molar-refractivity contribution < 1.29 is 9.59 Å². The highest BCUT2D eigenvalue weighted by Gasteiger charge is 2.25. The Bertz CT molecular complexity index is 311. The molecule has 0 saturated heterocycles. The van der Waals surface area contributed by atoms with Gasteiger partial charge in [-0.15, -0.1) is 11.6 Å². The van der Waals surface area contributed by atoms with Crippen molar-refractivity contribution in [3.63, 3.8) is 0 Å². The molecule has 112 valence electrons. The molecule has 4 nitrogen and oxygen atoms in total. The Morgan fingerprint density at radius 2 is 1.58 bits per heavy atom. The monoisotopic (exact) mass is 290 g/mol. The lowest BCUT2D eigenvalue weighted by Crippen LogP contribution is -2.43. The van der Waals surface area contributed by atoms with Crippen molar-refractivity contribution >= 4 is 23.4 Å². The van der Waals surface area contributed by atoms with Crippen LogP contribution in [0.25, 0.3) is 0 Å². The molecule has 0 aromatic rings. The standard InChI is InChI=1S/C14H27ClN2O2/c1-9(2)16-12(18)10(3)7-8-11(4)17-13(19)14(5,6)15/h9-11H,7-8H2,1-6H3,(H,16,18)(H,17,19)/t10?,11-/m0/s1. The molecule has 0 bridgehead atoms. The van der Waals surface area contributed by atoms with Crippen molar-refractivity contribution in [3.05, 3.63) is 0 Å². The van der Waals surface area contributed by atoms with E-state index in [9.17, 15) is 9.59 Å². The summed E-state index contributed by atoms with van der Waals surface area (Å²) in [5.41, 5.74) is 0. The van der Waals surface area contributed by atoms with Gasteiger partial charge in [0.15, 0.2) is 0 Å². The van der Waals surface area contributed by atoms with Gasteiger partial charge in [-0.2, -0.15) is 0 Å². The molecule has 0 fully saturated rings. The van der Waals surface area contributed by atoms with Crippen molar-refractivity contribution in [2.24, 2.45) is 5.92 Å². The first-order chi connectivity index (χ1) is 8.54. The highest BCUT2D eigenvalue weighted by Crippen LogP contribution is 2.14. The summed E-state index contributed by atoms with van der Waals surface area (Å²) in [6.07, 6.45) is 1.49. The molecule has 0 heterocycles. The molecule has 0 saturated carbocycles. The zero-order valence-electron chi connectivity index (χ0n) is 12.8. The highest BCUT2D eigenvalue weighted by molar-refractivity contribution is 6.34. The van der Waals surface area contributed by atoms with Gasteiger partial charge in [-0.25, -0.2) is 0 Å². The second-order valence-corrected chi connectivity index (χ2v) is 6.93. The third-order valence-electron chi connectivity index (χ3n) is 2.83. The van der Waals surface area contributed by atoms with Crippen molar-refractivity contribution in [1.82, 2.24) is 10.6 Å². The summed E-state index contributed by atoms with van der Waals surface area (Å²) in [5, 5.41) is 5.74.